The number of nitrogens with zero attached hydrogens (tertiary/aromatic N) is 1. The van der Waals surface area contributed by atoms with Gasteiger partial charge in [-0.3, -0.25) is 14.4 Å². The molecule has 3 rings (SSSR count). The Bertz CT molecular complexity index is 1170. The van der Waals surface area contributed by atoms with E-state index in [1.54, 1.807) is 52.1 Å². The highest BCUT2D eigenvalue weighted by Crippen LogP contribution is 2.42. The first-order valence-electron chi connectivity index (χ1n) is 11.7. The second-order valence-electron chi connectivity index (χ2n) is 8.84. The number of carbonyl (C=O) groups is 3. The van der Waals surface area contributed by atoms with Crippen molar-refractivity contribution in [1.29, 1.82) is 0 Å². The molecule has 7 nitrogen and oxygen atoms in total. The van der Waals surface area contributed by atoms with Gasteiger partial charge in [-0.25, -0.2) is 4.39 Å². The fourth-order valence-corrected chi connectivity index (χ4v) is 5.54. The van der Waals surface area contributed by atoms with Crippen molar-refractivity contribution in [3.05, 3.63) is 54.9 Å². The number of aromatic hydroxyl groups is 1. The lowest BCUT2D eigenvalue weighted by molar-refractivity contribution is -0.151. The molecule has 0 saturated heterocycles. The zero-order valence-electron chi connectivity index (χ0n) is 20.1. The zero-order valence-corrected chi connectivity index (χ0v) is 24.4. The average molecular weight is 761 g/mol. The zero-order chi connectivity index (χ0) is 28.2. The molecular formula is C25H25F4I2N3O4. The van der Waals surface area contributed by atoms with Crippen molar-refractivity contribution in [3.8, 4) is 5.75 Å². The van der Waals surface area contributed by atoms with Gasteiger partial charge in [-0.1, -0.05) is 19.1 Å². The number of Topliss-reactive ketones (excluding diaryl/α,β-unsaturated/α-hetero) is 1. The number of ketones is 1. The van der Waals surface area contributed by atoms with Gasteiger partial charge < -0.3 is 20.6 Å². The van der Waals surface area contributed by atoms with Crippen LogP contribution < -0.4 is 15.5 Å². The van der Waals surface area contributed by atoms with Crippen molar-refractivity contribution in [3.63, 3.8) is 0 Å². The van der Waals surface area contributed by atoms with E-state index in [1.807, 2.05) is 0 Å². The van der Waals surface area contributed by atoms with Gasteiger partial charge in [0.25, 0.3) is 5.91 Å². The van der Waals surface area contributed by atoms with E-state index in [9.17, 15) is 37.1 Å². The van der Waals surface area contributed by atoms with E-state index in [4.69, 9.17) is 0 Å². The number of rotatable bonds is 11. The molecule has 2 atom stereocenters. The third-order valence-electron chi connectivity index (χ3n) is 5.92. The molecule has 0 spiro atoms. The van der Waals surface area contributed by atoms with E-state index in [1.165, 1.54) is 12.1 Å². The van der Waals surface area contributed by atoms with E-state index in [-0.39, 0.29) is 29.5 Å². The number of phenols is 1. The Labute approximate surface area is 244 Å². The predicted octanol–water partition coefficient (Wildman–Crippen LogP) is 4.98. The van der Waals surface area contributed by atoms with Crippen molar-refractivity contribution >= 4 is 68.5 Å². The smallest absolute Gasteiger partial charge is 0.412 e. The lowest BCUT2D eigenvalue weighted by atomic mass is 10.0. The van der Waals surface area contributed by atoms with Crippen LogP contribution in [0.15, 0.2) is 36.4 Å². The Morgan fingerprint density at radius 2 is 1.68 bits per heavy atom. The summed E-state index contributed by atoms with van der Waals surface area (Å²) in [6.45, 7) is 1.18. The molecule has 2 amide bonds. The van der Waals surface area contributed by atoms with Crippen LogP contribution in [0.2, 0.25) is 0 Å². The van der Waals surface area contributed by atoms with Gasteiger partial charge in [0.05, 0.1) is 13.2 Å². The second-order valence-corrected chi connectivity index (χ2v) is 11.2. The van der Waals surface area contributed by atoms with E-state index in [0.29, 0.717) is 7.14 Å². The Balaban J connectivity index is 1.87. The van der Waals surface area contributed by atoms with Gasteiger partial charge in [-0.2, -0.15) is 13.2 Å². The second kappa shape index (κ2) is 12.8. The molecule has 2 aromatic carbocycles. The summed E-state index contributed by atoms with van der Waals surface area (Å²) in [5.74, 6) is -3.12. The van der Waals surface area contributed by atoms with Crippen LogP contribution in [-0.4, -0.2) is 47.5 Å². The van der Waals surface area contributed by atoms with Gasteiger partial charge in [0.15, 0.2) is 6.04 Å². The molecule has 2 aromatic rings. The van der Waals surface area contributed by atoms with E-state index < -0.39 is 54.6 Å². The molecule has 3 N–H and O–H groups in total. The molecule has 1 saturated carbocycles. The topological polar surface area (TPSA) is 98.7 Å². The van der Waals surface area contributed by atoms with Gasteiger partial charge >= 0.3 is 6.18 Å². The molecule has 38 heavy (non-hydrogen) atoms. The monoisotopic (exact) mass is 761 g/mol. The van der Waals surface area contributed by atoms with Crippen LogP contribution >= 0.6 is 45.2 Å². The van der Waals surface area contributed by atoms with Crippen LogP contribution in [-0.2, 0) is 14.4 Å². The highest BCUT2D eigenvalue weighted by molar-refractivity contribution is 14.1. The van der Waals surface area contributed by atoms with Gasteiger partial charge in [-0.15, -0.1) is 0 Å². The fourth-order valence-electron chi connectivity index (χ4n) is 3.80. The van der Waals surface area contributed by atoms with Crippen molar-refractivity contribution in [1.82, 2.24) is 10.6 Å². The van der Waals surface area contributed by atoms with Crippen LogP contribution in [0, 0.1) is 13.0 Å². The summed E-state index contributed by atoms with van der Waals surface area (Å²) in [6, 6.07) is 3.23. The normalized spacial score (nSPS) is 14.9. The predicted molar refractivity (Wildman–Crippen MR) is 149 cm³/mol. The minimum atomic E-state index is -4.81. The van der Waals surface area contributed by atoms with Crippen LogP contribution in [0.5, 0.6) is 5.75 Å². The first-order chi connectivity index (χ1) is 17.8. The number of amides is 2. The summed E-state index contributed by atoms with van der Waals surface area (Å²) in [4.78, 5) is 38.3. The SMILES string of the molecule is CC[C@H](NC(=O)CCN(c1cc(I)c(O)c(I)c1)[C@@H](c1ccc(F)cc1)C(F)(F)F)C(=O)C(=O)NC1CC1. The van der Waals surface area contributed by atoms with Gasteiger partial charge in [0.2, 0.25) is 11.7 Å². The highest BCUT2D eigenvalue weighted by atomic mass is 127. The third-order valence-corrected chi connectivity index (χ3v) is 7.56. The number of alkyl halides is 3. The molecule has 0 radical (unpaired) electrons. The first-order valence-corrected chi connectivity index (χ1v) is 13.9. The molecule has 1 aliphatic carbocycles. The van der Waals surface area contributed by atoms with Gasteiger partial charge in [-0.05, 0) is 94.3 Å². The summed E-state index contributed by atoms with van der Waals surface area (Å²) in [7, 11) is 0. The molecule has 206 valence electrons. The van der Waals surface area contributed by atoms with Crippen molar-refractivity contribution < 1.29 is 37.1 Å². The highest BCUT2D eigenvalue weighted by Gasteiger charge is 2.45. The number of hydrogen-bond donors (Lipinski definition) is 3. The third kappa shape index (κ3) is 7.93. The molecule has 0 aliphatic heterocycles. The molecule has 13 heteroatoms. The average Bonchev–Trinajstić information content (AvgIpc) is 3.66. The standard InChI is InChI=1S/C25H25F4I2N3O4/c1-2-19(22(37)24(38)32-15-7-8-15)33-20(35)9-10-34(16-11-17(30)21(36)18(31)12-16)23(25(27,28)29)13-3-5-14(26)6-4-13/h3-6,11-12,15,19,23,36H,2,7-10H2,1H3,(H,32,38)(H,33,35)/t19-,23-/m0/s1. The van der Waals surface area contributed by atoms with E-state index in [2.05, 4.69) is 10.6 Å². The summed E-state index contributed by atoms with van der Waals surface area (Å²) in [6.07, 6.45) is -3.56. The van der Waals surface area contributed by atoms with Crippen LogP contribution in [0.25, 0.3) is 0 Å². The molecule has 1 fully saturated rings. The summed E-state index contributed by atoms with van der Waals surface area (Å²) in [5, 5.41) is 15.1. The lowest BCUT2D eigenvalue weighted by Gasteiger charge is -2.35. The maximum Gasteiger partial charge on any atom is 0.412 e. The van der Waals surface area contributed by atoms with E-state index >= 15 is 0 Å². The Morgan fingerprint density at radius 1 is 1.11 bits per heavy atom. The number of phenolic OH excluding ortho intramolecular Hbond substituents is 1. The Kier molecular flexibility index (Phi) is 10.2. The quantitative estimate of drug-likeness (QED) is 0.171. The number of benzene rings is 2. The van der Waals surface area contributed by atoms with Gasteiger partial charge in [0, 0.05) is 24.7 Å². The molecule has 0 heterocycles. The maximum absolute atomic E-state index is 14.4. The fraction of sp³-hybridized carbons (Fsp3) is 0.400. The molecule has 0 unspecified atom stereocenters. The Morgan fingerprint density at radius 3 is 2.18 bits per heavy atom. The number of halogens is 6. The summed E-state index contributed by atoms with van der Waals surface area (Å²) < 4.78 is 57.4. The number of anilines is 1. The van der Waals surface area contributed by atoms with E-state index in [0.717, 1.165) is 42.0 Å². The minimum Gasteiger partial charge on any atom is -0.506 e. The molecule has 0 bridgehead atoms. The van der Waals surface area contributed by atoms with Crippen LogP contribution in [0.4, 0.5) is 23.2 Å². The van der Waals surface area contributed by atoms with Gasteiger partial charge in [0.1, 0.15) is 11.6 Å². The summed E-state index contributed by atoms with van der Waals surface area (Å²) >= 11 is 3.59. The van der Waals surface area contributed by atoms with Crippen LogP contribution in [0.1, 0.15) is 44.2 Å². The number of carbonyl (C=O) groups excluding carboxylic acids is 3. The van der Waals surface area contributed by atoms with Crippen LogP contribution in [0.3, 0.4) is 0 Å². The molecule has 0 aromatic heterocycles. The molecular weight excluding hydrogens is 736 g/mol. The molecule has 1 aliphatic rings. The Hall–Kier alpha value is -2.17. The van der Waals surface area contributed by atoms with Crippen molar-refractivity contribution in [2.75, 3.05) is 11.4 Å². The maximum atomic E-state index is 14.4. The summed E-state index contributed by atoms with van der Waals surface area (Å²) in [5.41, 5.74) is -0.154. The number of nitrogens with one attached hydrogen (secondary N) is 2. The lowest BCUT2D eigenvalue weighted by Crippen LogP contribution is -2.48. The number of hydrogen-bond acceptors (Lipinski definition) is 5. The minimum absolute atomic E-state index is 0.0464. The first kappa shape index (κ1) is 30.4. The largest absolute Gasteiger partial charge is 0.506 e. The van der Waals surface area contributed by atoms with Crippen molar-refractivity contribution in [2.24, 2.45) is 0 Å². The van der Waals surface area contributed by atoms with Crippen molar-refractivity contribution in [2.45, 2.75) is 56.9 Å².